The maximum Gasteiger partial charge on any atom is 0.325 e. The molecule has 444 valence electrons. The molecule has 11 N–H and O–H groups in total. The number of nitrogens with zero attached hydrogens (tertiary/aromatic N) is 9. The van der Waals surface area contributed by atoms with Crippen molar-refractivity contribution < 1.29 is 29.1 Å². The van der Waals surface area contributed by atoms with Crippen LogP contribution in [0.15, 0.2) is 145 Å². The molecule has 85 heavy (non-hydrogen) atoms. The third-order valence-corrected chi connectivity index (χ3v) is 15.5. The number of aromatic nitrogens is 5. The average molecular weight is 1210 g/mol. The fourth-order valence-corrected chi connectivity index (χ4v) is 11.1. The first-order chi connectivity index (χ1) is 41.3. The maximum atomic E-state index is 12.4. The normalized spacial score (nSPS) is 13.6. The predicted octanol–water partition coefficient (Wildman–Crippen LogP) is 9.73. The third kappa shape index (κ3) is 24.5. The lowest BCUT2D eigenvalue weighted by atomic mass is 10.2. The van der Waals surface area contributed by atoms with E-state index in [4.69, 9.17) is 22.3 Å². The summed E-state index contributed by atoms with van der Waals surface area (Å²) in [6, 6.07) is 30.7. The van der Waals surface area contributed by atoms with Gasteiger partial charge in [-0.25, -0.2) is 24.5 Å². The number of rotatable bonds is 17. The number of carbonyl (C=O) groups is 4. The van der Waals surface area contributed by atoms with Crippen LogP contribution in [-0.4, -0.2) is 114 Å². The summed E-state index contributed by atoms with van der Waals surface area (Å²) in [6.45, 7) is 10.3. The number of carboxylic acid groups (broad SMARTS) is 1. The highest BCUT2D eigenvalue weighted by Gasteiger charge is 2.16. The van der Waals surface area contributed by atoms with E-state index in [9.17, 15) is 24.0 Å². The molecule has 8 heterocycles. The monoisotopic (exact) mass is 1210 g/mol. The number of nitrogens with two attached hydrogens (primary N) is 3. The topological polar surface area (TPSA) is 318 Å². The summed E-state index contributed by atoms with van der Waals surface area (Å²) in [4.78, 5) is 88.7. The molecule has 3 aliphatic heterocycles. The number of nitrogen functional groups attached to an aromatic ring is 3. The lowest BCUT2D eigenvalue weighted by molar-refractivity contribution is -0.136. The van der Waals surface area contributed by atoms with Crippen molar-refractivity contribution in [1.82, 2.24) is 39.6 Å². The molecule has 0 saturated carbocycles. The summed E-state index contributed by atoms with van der Waals surface area (Å²) in [5, 5.41) is 20.8. The van der Waals surface area contributed by atoms with E-state index in [1.165, 1.54) is 134 Å². The lowest BCUT2D eigenvalue weighted by Gasteiger charge is -2.14. The summed E-state index contributed by atoms with van der Waals surface area (Å²) in [5.41, 5.74) is 23.9. The van der Waals surface area contributed by atoms with Crippen molar-refractivity contribution >= 4 is 108 Å². The van der Waals surface area contributed by atoms with E-state index in [0.29, 0.717) is 38.1 Å². The Hall–Kier alpha value is -8.81. The number of nitrogens with one attached hydrogen (secondary N) is 4. The Balaban J connectivity index is 0.000000166. The minimum Gasteiger partial charge on any atom is -0.481 e. The lowest BCUT2D eigenvalue weighted by Crippen LogP contribution is -2.19. The second-order valence-corrected chi connectivity index (χ2v) is 23.2. The molecule has 25 heteroatoms. The Morgan fingerprint density at radius 2 is 0.941 bits per heavy atom. The molecular formula is C60H70N16O6S3. The van der Waals surface area contributed by atoms with Crippen molar-refractivity contribution in [3.05, 3.63) is 172 Å². The minimum atomic E-state index is -0.858. The van der Waals surface area contributed by atoms with Crippen molar-refractivity contribution in [3.8, 4) is 0 Å². The van der Waals surface area contributed by atoms with Gasteiger partial charge in [-0.3, -0.25) is 44.4 Å². The van der Waals surface area contributed by atoms with Gasteiger partial charge in [-0.05, 0) is 155 Å². The SMILES string of the molecule is Nc1ccc(CN2CCCC2)cc1.Nc1ncc(CC(=O)Nc2ccc(CN3CCCC3)cc2)s1.Nc1ncc(CC(=O)O)s1.O=C(Cc1cnc(NC(=O)Nc2cccnc2)s1)Nc1ccc(CN2CCCC2)cc1.O=C=Nc1cccnc1. The molecular weight excluding hydrogens is 1140 g/mol. The number of isocyanates is 1. The number of aliphatic carboxylic acids is 1. The van der Waals surface area contributed by atoms with Gasteiger partial charge in [0.25, 0.3) is 0 Å². The van der Waals surface area contributed by atoms with E-state index in [1.807, 2.05) is 36.4 Å². The van der Waals surface area contributed by atoms with E-state index in [-0.39, 0.29) is 24.7 Å². The zero-order valence-corrected chi connectivity index (χ0v) is 49.4. The first-order valence-electron chi connectivity index (χ1n) is 27.6. The first kappa shape index (κ1) is 63.8. The standard InChI is InChI=1S/C22H24N6O2S.C16H20N4OS.C11H16N2.C6H4N2O.C5H6N2O2S/c29-20(25-17-7-5-16(6-8-17)15-28-10-1-2-11-28)12-19-14-24-22(31-19)27-21(30)26-18-4-3-9-23-13-18;17-16-18-10-14(22-16)9-15(21)19-13-5-3-12(4-6-13)11-20-7-1-2-8-20;12-11-5-3-10(4-6-11)9-13-7-1-2-8-13;9-5-8-6-2-1-3-7-4-6;6-5-7-2-3(10-5)1-4(8)9/h3-9,13-14H,1-2,10-12,15H2,(H,25,29)(H2,24,26,27,30);3-6,10H,1-2,7-9,11H2,(H2,17,18)(H,19,21);3-6H,1-2,7-9,12H2;1-4H;2H,1H2,(H2,6,7)(H,8,9). The molecule has 22 nitrogen and oxygen atoms in total. The van der Waals surface area contributed by atoms with E-state index >= 15 is 0 Å². The van der Waals surface area contributed by atoms with Crippen LogP contribution >= 0.6 is 34.0 Å². The second-order valence-electron chi connectivity index (χ2n) is 19.8. The molecule has 0 bridgehead atoms. The first-order valence-corrected chi connectivity index (χ1v) is 30.1. The van der Waals surface area contributed by atoms with Crippen LogP contribution in [0.2, 0.25) is 0 Å². The van der Waals surface area contributed by atoms with E-state index in [2.05, 4.69) is 102 Å². The number of pyridine rings is 2. The van der Waals surface area contributed by atoms with Crippen molar-refractivity contribution in [2.75, 3.05) is 77.7 Å². The third-order valence-electron chi connectivity index (χ3n) is 12.9. The molecule has 0 unspecified atom stereocenters. The number of hydrogen-bond donors (Lipinski definition) is 8. The summed E-state index contributed by atoms with van der Waals surface area (Å²) in [7, 11) is 0. The predicted molar refractivity (Wildman–Crippen MR) is 337 cm³/mol. The van der Waals surface area contributed by atoms with Gasteiger partial charge < -0.3 is 38.3 Å². The number of amides is 4. The summed E-state index contributed by atoms with van der Waals surface area (Å²) < 4.78 is 0. The van der Waals surface area contributed by atoms with Crippen LogP contribution in [0.3, 0.4) is 0 Å². The van der Waals surface area contributed by atoms with Crippen LogP contribution in [0.5, 0.6) is 0 Å². The molecule has 0 aliphatic carbocycles. The minimum absolute atomic E-state index is 0.00880. The van der Waals surface area contributed by atoms with Crippen molar-refractivity contribution in [2.24, 2.45) is 4.99 Å². The molecule has 4 amide bonds. The van der Waals surface area contributed by atoms with Crippen LogP contribution < -0.4 is 38.5 Å². The highest BCUT2D eigenvalue weighted by Crippen LogP contribution is 2.22. The van der Waals surface area contributed by atoms with Crippen molar-refractivity contribution in [1.29, 1.82) is 0 Å². The second kappa shape index (κ2) is 34.7. The van der Waals surface area contributed by atoms with Gasteiger partial charge in [0.1, 0.15) is 0 Å². The molecule has 0 spiro atoms. The van der Waals surface area contributed by atoms with Gasteiger partial charge in [0.2, 0.25) is 17.9 Å². The zero-order chi connectivity index (χ0) is 60.0. The van der Waals surface area contributed by atoms with Gasteiger partial charge in [-0.15, -0.1) is 34.0 Å². The number of urea groups is 1. The van der Waals surface area contributed by atoms with Crippen LogP contribution in [0.1, 0.15) is 69.8 Å². The quantitative estimate of drug-likeness (QED) is 0.0239. The number of carboxylic acids is 1. The van der Waals surface area contributed by atoms with Crippen LogP contribution in [0.4, 0.5) is 48.6 Å². The maximum absolute atomic E-state index is 12.4. The fraction of sp³-hybridized carbons (Fsp3) is 0.300. The van der Waals surface area contributed by atoms with Gasteiger partial charge in [-0.1, -0.05) is 36.4 Å². The molecule has 3 aliphatic rings. The number of benzene rings is 3. The zero-order valence-electron chi connectivity index (χ0n) is 47.0. The molecule has 0 radical (unpaired) electrons. The Kier molecular flexibility index (Phi) is 26.0. The Bertz CT molecular complexity index is 3340. The highest BCUT2D eigenvalue weighted by molar-refractivity contribution is 7.16. The van der Waals surface area contributed by atoms with E-state index in [0.717, 1.165) is 59.5 Å². The van der Waals surface area contributed by atoms with Crippen LogP contribution in [0, 0.1) is 0 Å². The van der Waals surface area contributed by atoms with E-state index < -0.39 is 12.0 Å². The smallest absolute Gasteiger partial charge is 0.325 e. The van der Waals surface area contributed by atoms with Crippen molar-refractivity contribution in [2.45, 2.75) is 77.4 Å². The number of anilines is 7. The van der Waals surface area contributed by atoms with Gasteiger partial charge in [-0.2, -0.15) is 4.99 Å². The molecule has 3 fully saturated rings. The van der Waals surface area contributed by atoms with Crippen LogP contribution in [0.25, 0.3) is 0 Å². The van der Waals surface area contributed by atoms with E-state index in [1.54, 1.807) is 55.2 Å². The molecule has 3 aromatic carbocycles. The van der Waals surface area contributed by atoms with Gasteiger partial charge >= 0.3 is 12.0 Å². The Labute approximate surface area is 505 Å². The van der Waals surface area contributed by atoms with Gasteiger partial charge in [0.05, 0.1) is 43.0 Å². The molecule has 0 atom stereocenters. The van der Waals surface area contributed by atoms with Gasteiger partial charge in [0.15, 0.2) is 15.4 Å². The summed E-state index contributed by atoms with van der Waals surface area (Å²) in [5.74, 6) is -1.03. The van der Waals surface area contributed by atoms with Gasteiger partial charge in [0, 0.05) is 82.3 Å². The van der Waals surface area contributed by atoms with Crippen molar-refractivity contribution in [3.63, 3.8) is 0 Å². The molecule has 5 aromatic heterocycles. The Morgan fingerprint density at radius 1 is 0.506 bits per heavy atom. The molecule has 3 saturated heterocycles. The molecule has 11 rings (SSSR count). The largest absolute Gasteiger partial charge is 0.481 e. The number of carbonyl (C=O) groups excluding carboxylic acids is 4. The molecule has 8 aromatic rings. The Morgan fingerprint density at radius 3 is 1.35 bits per heavy atom. The summed E-state index contributed by atoms with van der Waals surface area (Å²) >= 11 is 3.81. The number of hydrogen-bond acceptors (Lipinski definition) is 20. The number of aliphatic imine (C=N–C) groups is 1. The number of likely N-dealkylation sites (tertiary alicyclic amines) is 3. The summed E-state index contributed by atoms with van der Waals surface area (Å²) in [6.07, 6.45) is 20.8. The highest BCUT2D eigenvalue weighted by atomic mass is 32.1. The fourth-order valence-electron chi connectivity index (χ4n) is 8.91. The van der Waals surface area contributed by atoms with Crippen LogP contribution in [-0.2, 0) is 58.1 Å². The number of thiazole rings is 3. The average Bonchev–Trinajstić information content (AvgIpc) is 4.42.